The summed E-state index contributed by atoms with van der Waals surface area (Å²) in [6.07, 6.45) is 1.46. The lowest BCUT2D eigenvalue weighted by Gasteiger charge is -2.12. The molecule has 22 heavy (non-hydrogen) atoms. The minimum absolute atomic E-state index is 0.0653. The Balaban J connectivity index is 2.25. The van der Waals surface area contributed by atoms with Gasteiger partial charge in [0.05, 0.1) is 5.56 Å². The molecule has 0 unspecified atom stereocenters. The summed E-state index contributed by atoms with van der Waals surface area (Å²) >= 11 is 0. The van der Waals surface area contributed by atoms with Gasteiger partial charge in [-0.15, -0.1) is 0 Å². The van der Waals surface area contributed by atoms with E-state index in [9.17, 15) is 4.79 Å². The maximum atomic E-state index is 12.6. The summed E-state index contributed by atoms with van der Waals surface area (Å²) in [5, 5.41) is 11.9. The SMILES string of the molecule is CC(C)c1c(Oc2ccccc2)nc2c(C#N)c[nH]n2c1=O. The van der Waals surface area contributed by atoms with E-state index >= 15 is 0 Å². The van der Waals surface area contributed by atoms with Crippen molar-refractivity contribution < 1.29 is 4.74 Å². The molecule has 3 rings (SSSR count). The monoisotopic (exact) mass is 294 g/mol. The topological polar surface area (TPSA) is 83.2 Å². The van der Waals surface area contributed by atoms with Gasteiger partial charge in [-0.1, -0.05) is 32.0 Å². The van der Waals surface area contributed by atoms with Crippen molar-refractivity contribution in [1.82, 2.24) is 14.6 Å². The molecule has 0 atom stereocenters. The molecule has 0 aliphatic carbocycles. The number of para-hydroxylation sites is 1. The first-order valence-corrected chi connectivity index (χ1v) is 6.89. The molecule has 1 aromatic carbocycles. The van der Waals surface area contributed by atoms with Crippen molar-refractivity contribution in [1.29, 1.82) is 5.26 Å². The van der Waals surface area contributed by atoms with Crippen LogP contribution in [0.2, 0.25) is 0 Å². The Morgan fingerprint density at radius 3 is 2.68 bits per heavy atom. The summed E-state index contributed by atoms with van der Waals surface area (Å²) in [7, 11) is 0. The van der Waals surface area contributed by atoms with Crippen LogP contribution in [0.5, 0.6) is 11.6 Å². The number of hydrogen-bond acceptors (Lipinski definition) is 4. The molecule has 0 aliphatic heterocycles. The first-order valence-electron chi connectivity index (χ1n) is 6.89. The van der Waals surface area contributed by atoms with E-state index in [1.807, 2.05) is 38.1 Å². The van der Waals surface area contributed by atoms with Crippen LogP contribution in [0.15, 0.2) is 41.3 Å². The van der Waals surface area contributed by atoms with E-state index in [0.29, 0.717) is 16.9 Å². The van der Waals surface area contributed by atoms with Gasteiger partial charge in [0.15, 0.2) is 5.65 Å². The van der Waals surface area contributed by atoms with E-state index in [0.717, 1.165) is 0 Å². The molecule has 0 amide bonds. The zero-order chi connectivity index (χ0) is 15.7. The standard InChI is InChI=1S/C16H14N4O2/c1-10(2)13-15(22-12-6-4-3-5-7-12)19-14-11(8-17)9-18-20(14)16(13)21/h3-7,9-10,18H,1-2H3. The van der Waals surface area contributed by atoms with E-state index in [2.05, 4.69) is 10.1 Å². The predicted octanol–water partition coefficient (Wildman–Crippen LogP) is 2.81. The maximum absolute atomic E-state index is 12.6. The quantitative estimate of drug-likeness (QED) is 0.805. The number of ether oxygens (including phenoxy) is 1. The van der Waals surface area contributed by atoms with Gasteiger partial charge in [-0.25, -0.2) is 0 Å². The smallest absolute Gasteiger partial charge is 0.280 e. The van der Waals surface area contributed by atoms with Crippen molar-refractivity contribution in [3.63, 3.8) is 0 Å². The van der Waals surface area contributed by atoms with E-state index in [4.69, 9.17) is 10.00 Å². The molecule has 6 nitrogen and oxygen atoms in total. The van der Waals surface area contributed by atoms with Crippen molar-refractivity contribution in [2.45, 2.75) is 19.8 Å². The van der Waals surface area contributed by atoms with Gasteiger partial charge in [0.2, 0.25) is 5.88 Å². The van der Waals surface area contributed by atoms with E-state index in [1.54, 1.807) is 12.1 Å². The Kier molecular flexibility index (Phi) is 3.39. The highest BCUT2D eigenvalue weighted by atomic mass is 16.5. The fourth-order valence-corrected chi connectivity index (χ4v) is 2.26. The van der Waals surface area contributed by atoms with Gasteiger partial charge in [-0.3, -0.25) is 9.89 Å². The van der Waals surface area contributed by atoms with E-state index in [-0.39, 0.29) is 23.0 Å². The van der Waals surface area contributed by atoms with Gasteiger partial charge in [-0.05, 0) is 18.1 Å². The van der Waals surface area contributed by atoms with Gasteiger partial charge in [0, 0.05) is 6.20 Å². The minimum Gasteiger partial charge on any atom is -0.438 e. The van der Waals surface area contributed by atoms with Crippen LogP contribution in [0, 0.1) is 11.3 Å². The van der Waals surface area contributed by atoms with Crippen LogP contribution < -0.4 is 10.3 Å². The van der Waals surface area contributed by atoms with E-state index in [1.165, 1.54) is 10.7 Å². The number of rotatable bonds is 3. The van der Waals surface area contributed by atoms with Crippen molar-refractivity contribution in [3.8, 4) is 17.7 Å². The Morgan fingerprint density at radius 2 is 2.05 bits per heavy atom. The highest BCUT2D eigenvalue weighted by Gasteiger charge is 2.20. The lowest BCUT2D eigenvalue weighted by atomic mass is 10.1. The van der Waals surface area contributed by atoms with Gasteiger partial charge < -0.3 is 4.74 Å². The Hall–Kier alpha value is -3.07. The third-order valence-electron chi connectivity index (χ3n) is 3.32. The second kappa shape index (κ2) is 5.37. The first-order chi connectivity index (χ1) is 10.6. The molecule has 0 bridgehead atoms. The zero-order valence-electron chi connectivity index (χ0n) is 12.2. The molecular formula is C16H14N4O2. The normalized spacial score (nSPS) is 10.8. The molecule has 1 N–H and O–H groups in total. The number of nitriles is 1. The third-order valence-corrected chi connectivity index (χ3v) is 3.32. The lowest BCUT2D eigenvalue weighted by molar-refractivity contribution is 0.450. The van der Waals surface area contributed by atoms with Crippen LogP contribution >= 0.6 is 0 Å². The van der Waals surface area contributed by atoms with Crippen molar-refractivity contribution >= 4 is 5.65 Å². The number of fused-ring (bicyclic) bond motifs is 1. The molecule has 0 saturated carbocycles. The molecule has 0 aliphatic rings. The Bertz CT molecular complexity index is 917. The van der Waals surface area contributed by atoms with Crippen LogP contribution in [0.1, 0.15) is 30.9 Å². The molecule has 0 radical (unpaired) electrons. The number of hydrogen-bond donors (Lipinski definition) is 1. The molecule has 0 spiro atoms. The van der Waals surface area contributed by atoms with Crippen LogP contribution in [-0.2, 0) is 0 Å². The minimum atomic E-state index is -0.257. The molecular weight excluding hydrogens is 280 g/mol. The van der Waals surface area contributed by atoms with Gasteiger partial charge >= 0.3 is 0 Å². The summed E-state index contributed by atoms with van der Waals surface area (Å²) in [6, 6.07) is 11.1. The molecule has 110 valence electrons. The van der Waals surface area contributed by atoms with Crippen LogP contribution in [0.3, 0.4) is 0 Å². The van der Waals surface area contributed by atoms with Crippen molar-refractivity contribution in [2.75, 3.05) is 0 Å². The highest BCUT2D eigenvalue weighted by Crippen LogP contribution is 2.27. The molecule has 6 heteroatoms. The van der Waals surface area contributed by atoms with Crippen molar-refractivity contribution in [3.05, 3.63) is 58.0 Å². The molecule has 2 aromatic heterocycles. The summed E-state index contributed by atoms with van der Waals surface area (Å²) in [4.78, 5) is 17.0. The van der Waals surface area contributed by atoms with Crippen LogP contribution in [-0.4, -0.2) is 14.6 Å². The molecule has 3 aromatic rings. The number of H-pyrrole nitrogens is 1. The summed E-state index contributed by atoms with van der Waals surface area (Å²) in [5.41, 5.74) is 0.772. The second-order valence-corrected chi connectivity index (χ2v) is 5.16. The number of aromatic nitrogens is 3. The second-order valence-electron chi connectivity index (χ2n) is 5.16. The number of benzene rings is 1. The zero-order valence-corrected chi connectivity index (χ0v) is 12.2. The Labute approximate surface area is 126 Å². The third kappa shape index (κ3) is 2.23. The number of aromatic amines is 1. The lowest BCUT2D eigenvalue weighted by Crippen LogP contribution is -2.22. The average Bonchev–Trinajstić information content (AvgIpc) is 2.91. The number of nitrogens with one attached hydrogen (secondary N) is 1. The first kappa shape index (κ1) is 13.9. The fourth-order valence-electron chi connectivity index (χ4n) is 2.26. The molecule has 0 fully saturated rings. The maximum Gasteiger partial charge on any atom is 0.280 e. The fraction of sp³-hybridized carbons (Fsp3) is 0.188. The van der Waals surface area contributed by atoms with Crippen LogP contribution in [0.25, 0.3) is 5.65 Å². The Morgan fingerprint density at radius 1 is 1.32 bits per heavy atom. The summed E-state index contributed by atoms with van der Waals surface area (Å²) in [6.45, 7) is 3.80. The largest absolute Gasteiger partial charge is 0.438 e. The predicted molar refractivity (Wildman–Crippen MR) is 81.1 cm³/mol. The van der Waals surface area contributed by atoms with Crippen LogP contribution in [0.4, 0.5) is 0 Å². The number of nitrogens with zero attached hydrogens (tertiary/aromatic N) is 3. The highest BCUT2D eigenvalue weighted by molar-refractivity contribution is 5.56. The average molecular weight is 294 g/mol. The van der Waals surface area contributed by atoms with Gasteiger partial charge in [0.25, 0.3) is 5.56 Å². The van der Waals surface area contributed by atoms with Gasteiger partial charge in [0.1, 0.15) is 17.4 Å². The van der Waals surface area contributed by atoms with Gasteiger partial charge in [-0.2, -0.15) is 14.8 Å². The summed E-state index contributed by atoms with van der Waals surface area (Å²) < 4.78 is 7.05. The summed E-state index contributed by atoms with van der Waals surface area (Å²) in [5.74, 6) is 0.765. The van der Waals surface area contributed by atoms with Crippen molar-refractivity contribution in [2.24, 2.45) is 0 Å². The molecule has 0 saturated heterocycles. The molecule has 2 heterocycles. The van der Waals surface area contributed by atoms with E-state index < -0.39 is 0 Å².